The Morgan fingerprint density at radius 1 is 1.04 bits per heavy atom. The second-order valence-corrected chi connectivity index (χ2v) is 7.97. The first-order valence-electron chi connectivity index (χ1n) is 10.3. The van der Waals surface area contributed by atoms with E-state index >= 15 is 0 Å². The summed E-state index contributed by atoms with van der Waals surface area (Å²) in [7, 11) is 0. The van der Waals surface area contributed by atoms with Crippen molar-refractivity contribution in [1.29, 1.82) is 0 Å². The summed E-state index contributed by atoms with van der Waals surface area (Å²) < 4.78 is 0. The molecular formula is C23H26N4O. The number of piperidine rings is 1. The molecule has 0 radical (unpaired) electrons. The molecule has 28 heavy (non-hydrogen) atoms. The number of amides is 1. The smallest absolute Gasteiger partial charge is 0.230 e. The van der Waals surface area contributed by atoms with E-state index in [0.717, 1.165) is 74.4 Å². The number of rotatable bonds is 3. The van der Waals surface area contributed by atoms with Crippen molar-refractivity contribution in [2.24, 2.45) is 5.92 Å². The van der Waals surface area contributed by atoms with Gasteiger partial charge in [0, 0.05) is 18.2 Å². The molecule has 0 bridgehead atoms. The molecule has 2 aromatic carbocycles. The number of carbonyl (C=O) groups is 1. The Morgan fingerprint density at radius 3 is 2.68 bits per heavy atom. The van der Waals surface area contributed by atoms with Gasteiger partial charge in [0.2, 0.25) is 5.91 Å². The number of aryl methyl sites for hydroxylation is 1. The van der Waals surface area contributed by atoms with Crippen LogP contribution in [0.1, 0.15) is 30.7 Å². The fraction of sp³-hybridized carbons (Fsp3) is 0.391. The van der Waals surface area contributed by atoms with Gasteiger partial charge in [0.05, 0.1) is 17.6 Å². The molecule has 0 aliphatic carbocycles. The van der Waals surface area contributed by atoms with Crippen LogP contribution in [-0.4, -0.2) is 40.4 Å². The largest absolute Gasteiger partial charge is 0.341 e. The maximum absolute atomic E-state index is 13.2. The van der Waals surface area contributed by atoms with E-state index in [-0.39, 0.29) is 5.92 Å². The number of aromatic nitrogens is 2. The molecule has 0 atom stereocenters. The summed E-state index contributed by atoms with van der Waals surface area (Å²) in [5.41, 5.74) is 4.55. The lowest BCUT2D eigenvalue weighted by Crippen LogP contribution is -2.44. The lowest BCUT2D eigenvalue weighted by Gasteiger charge is -2.36. The number of hydrogen-bond acceptors (Lipinski definition) is 3. The highest BCUT2D eigenvalue weighted by Gasteiger charge is 2.31. The van der Waals surface area contributed by atoms with Crippen LogP contribution in [0.4, 0.5) is 5.69 Å². The summed E-state index contributed by atoms with van der Waals surface area (Å²) in [5, 5.41) is 0. The van der Waals surface area contributed by atoms with E-state index < -0.39 is 0 Å². The quantitative estimate of drug-likeness (QED) is 0.760. The molecule has 3 heterocycles. The molecule has 0 unspecified atom stereocenters. The van der Waals surface area contributed by atoms with Crippen LogP contribution in [0.15, 0.2) is 48.5 Å². The molecule has 5 rings (SSSR count). The average Bonchev–Trinajstić information content (AvgIpc) is 3.16. The van der Waals surface area contributed by atoms with Crippen molar-refractivity contribution in [3.05, 3.63) is 59.9 Å². The Morgan fingerprint density at radius 2 is 1.82 bits per heavy atom. The van der Waals surface area contributed by atoms with Gasteiger partial charge in [0.1, 0.15) is 5.82 Å². The molecule has 2 aliphatic heterocycles. The number of nitrogens with zero attached hydrogens (tertiary/aromatic N) is 3. The van der Waals surface area contributed by atoms with Crippen molar-refractivity contribution in [3.8, 4) is 0 Å². The Labute approximate surface area is 165 Å². The molecule has 1 saturated heterocycles. The highest BCUT2D eigenvalue weighted by Crippen LogP contribution is 2.30. The van der Waals surface area contributed by atoms with Gasteiger partial charge in [-0.1, -0.05) is 30.3 Å². The fourth-order valence-electron chi connectivity index (χ4n) is 4.61. The Balaban J connectivity index is 1.22. The predicted octanol–water partition coefficient (Wildman–Crippen LogP) is 3.75. The number of aromatic amines is 1. The van der Waals surface area contributed by atoms with Crippen molar-refractivity contribution in [1.82, 2.24) is 14.9 Å². The Kier molecular flexibility index (Phi) is 4.61. The number of hydrogen-bond donors (Lipinski definition) is 1. The molecular weight excluding hydrogens is 348 g/mol. The lowest BCUT2D eigenvalue weighted by molar-refractivity contribution is -0.123. The first kappa shape index (κ1) is 17.4. The first-order valence-corrected chi connectivity index (χ1v) is 10.3. The van der Waals surface area contributed by atoms with Gasteiger partial charge in [-0.05, 0) is 62.5 Å². The number of imidazole rings is 1. The molecule has 0 spiro atoms. The van der Waals surface area contributed by atoms with E-state index in [0.29, 0.717) is 5.91 Å². The van der Waals surface area contributed by atoms with Crippen molar-refractivity contribution in [2.45, 2.75) is 32.2 Å². The number of fused-ring (bicyclic) bond motifs is 2. The summed E-state index contributed by atoms with van der Waals surface area (Å²) >= 11 is 0. The van der Waals surface area contributed by atoms with Crippen LogP contribution >= 0.6 is 0 Å². The second kappa shape index (κ2) is 7.40. The first-order chi connectivity index (χ1) is 13.8. The molecule has 3 aromatic rings. The van der Waals surface area contributed by atoms with E-state index in [1.807, 2.05) is 29.2 Å². The maximum atomic E-state index is 13.2. The minimum absolute atomic E-state index is 0.137. The Bertz CT molecular complexity index is 954. The summed E-state index contributed by atoms with van der Waals surface area (Å²) in [5.74, 6) is 1.46. The Hall–Kier alpha value is -2.66. The average molecular weight is 374 g/mol. The standard InChI is InChI=1S/C23H26N4O/c28-23(27-13-5-7-17-6-1-4-10-21(17)27)18-11-14-26(15-12-18)16-22-24-19-8-2-3-9-20(19)25-22/h1-4,6,8-10,18H,5,7,11-16H2,(H,24,25). The number of para-hydroxylation sites is 3. The van der Waals surface area contributed by atoms with Crippen molar-refractivity contribution >= 4 is 22.6 Å². The van der Waals surface area contributed by atoms with Gasteiger partial charge in [-0.2, -0.15) is 0 Å². The van der Waals surface area contributed by atoms with Crippen LogP contribution in [0, 0.1) is 5.92 Å². The normalized spacial score (nSPS) is 18.4. The third kappa shape index (κ3) is 3.31. The van der Waals surface area contributed by atoms with E-state index in [4.69, 9.17) is 0 Å². The molecule has 5 heteroatoms. The van der Waals surface area contributed by atoms with E-state index in [9.17, 15) is 4.79 Å². The van der Waals surface area contributed by atoms with Crippen LogP contribution in [0.3, 0.4) is 0 Å². The van der Waals surface area contributed by atoms with Gasteiger partial charge in [0.25, 0.3) is 0 Å². The number of carbonyl (C=O) groups excluding carboxylic acids is 1. The summed E-state index contributed by atoms with van der Waals surface area (Å²) in [6.07, 6.45) is 4.00. The van der Waals surface area contributed by atoms with Crippen LogP contribution in [0.25, 0.3) is 11.0 Å². The summed E-state index contributed by atoms with van der Waals surface area (Å²) in [6, 6.07) is 16.5. The number of likely N-dealkylation sites (tertiary alicyclic amines) is 1. The van der Waals surface area contributed by atoms with Crippen LogP contribution < -0.4 is 4.90 Å². The highest BCUT2D eigenvalue weighted by molar-refractivity contribution is 5.96. The third-order valence-corrected chi connectivity index (χ3v) is 6.12. The van der Waals surface area contributed by atoms with Gasteiger partial charge >= 0.3 is 0 Å². The minimum Gasteiger partial charge on any atom is -0.341 e. The molecule has 5 nitrogen and oxygen atoms in total. The number of nitrogens with one attached hydrogen (secondary N) is 1. The minimum atomic E-state index is 0.137. The van der Waals surface area contributed by atoms with Crippen LogP contribution in [0.5, 0.6) is 0 Å². The summed E-state index contributed by atoms with van der Waals surface area (Å²) in [4.78, 5) is 25.7. The zero-order valence-electron chi connectivity index (χ0n) is 16.1. The van der Waals surface area contributed by atoms with Crippen LogP contribution in [-0.2, 0) is 17.8 Å². The molecule has 1 N–H and O–H groups in total. The molecule has 2 aliphatic rings. The number of H-pyrrole nitrogens is 1. The monoisotopic (exact) mass is 374 g/mol. The molecule has 144 valence electrons. The predicted molar refractivity (Wildman–Crippen MR) is 111 cm³/mol. The van der Waals surface area contributed by atoms with Crippen molar-refractivity contribution in [2.75, 3.05) is 24.5 Å². The van der Waals surface area contributed by atoms with Crippen LogP contribution in [0.2, 0.25) is 0 Å². The SMILES string of the molecule is O=C(C1CCN(Cc2nc3ccccc3[nH]2)CC1)N1CCCc2ccccc21. The van der Waals surface area contributed by atoms with Gasteiger partial charge < -0.3 is 9.88 Å². The second-order valence-electron chi connectivity index (χ2n) is 7.97. The zero-order valence-corrected chi connectivity index (χ0v) is 16.1. The van der Waals surface area contributed by atoms with Gasteiger partial charge in [-0.25, -0.2) is 4.98 Å². The van der Waals surface area contributed by atoms with Gasteiger partial charge in [0.15, 0.2) is 0 Å². The van der Waals surface area contributed by atoms with Gasteiger partial charge in [-0.15, -0.1) is 0 Å². The molecule has 1 amide bonds. The molecule has 1 aromatic heterocycles. The van der Waals surface area contributed by atoms with Crippen molar-refractivity contribution < 1.29 is 4.79 Å². The summed E-state index contributed by atoms with van der Waals surface area (Å²) in [6.45, 7) is 3.57. The lowest BCUT2D eigenvalue weighted by atomic mass is 9.93. The molecule has 0 saturated carbocycles. The van der Waals surface area contributed by atoms with Gasteiger partial charge in [-0.3, -0.25) is 9.69 Å². The highest BCUT2D eigenvalue weighted by atomic mass is 16.2. The van der Waals surface area contributed by atoms with E-state index in [2.05, 4.69) is 39.1 Å². The number of benzene rings is 2. The van der Waals surface area contributed by atoms with E-state index in [1.54, 1.807) is 0 Å². The third-order valence-electron chi connectivity index (χ3n) is 6.12. The van der Waals surface area contributed by atoms with E-state index in [1.165, 1.54) is 5.56 Å². The fourth-order valence-corrected chi connectivity index (χ4v) is 4.61. The number of anilines is 1. The van der Waals surface area contributed by atoms with Crippen molar-refractivity contribution in [3.63, 3.8) is 0 Å². The maximum Gasteiger partial charge on any atom is 0.230 e. The zero-order chi connectivity index (χ0) is 18.9. The topological polar surface area (TPSA) is 52.2 Å². The molecule has 1 fully saturated rings.